The van der Waals surface area contributed by atoms with Crippen molar-refractivity contribution in [3.63, 3.8) is 0 Å². The summed E-state index contributed by atoms with van der Waals surface area (Å²) < 4.78 is 5.28. The number of hydrogen-bond acceptors (Lipinski definition) is 6. The molecule has 0 spiro atoms. The van der Waals surface area contributed by atoms with Crippen molar-refractivity contribution in [3.8, 4) is 11.1 Å². The number of amides is 2. The first-order chi connectivity index (χ1) is 18.9. The highest BCUT2D eigenvalue weighted by Gasteiger charge is 2.23. The Bertz CT molecular complexity index is 1480. The minimum Gasteiger partial charge on any atom is -0.462 e. The van der Waals surface area contributed by atoms with Gasteiger partial charge in [-0.2, -0.15) is 0 Å². The van der Waals surface area contributed by atoms with Gasteiger partial charge in [-0.05, 0) is 49.2 Å². The Kier molecular flexibility index (Phi) is 9.72. The first kappa shape index (κ1) is 27.9. The van der Waals surface area contributed by atoms with Crippen LogP contribution in [0.3, 0.4) is 0 Å². The number of aryl methyl sites for hydroxylation is 1. The number of carbonyl (C=O) groups is 3. The summed E-state index contributed by atoms with van der Waals surface area (Å²) in [4.78, 5) is 38.8. The van der Waals surface area contributed by atoms with Crippen molar-refractivity contribution in [1.29, 1.82) is 0 Å². The lowest BCUT2D eigenvalue weighted by molar-refractivity contribution is -0.114. The van der Waals surface area contributed by atoms with Crippen LogP contribution in [0.1, 0.15) is 28.4 Å². The quantitative estimate of drug-likeness (QED) is 0.122. The normalized spacial score (nSPS) is 10.8. The van der Waals surface area contributed by atoms with Gasteiger partial charge < -0.3 is 15.4 Å². The Labute approximate surface area is 236 Å². The molecule has 8 heteroatoms. The van der Waals surface area contributed by atoms with Crippen LogP contribution >= 0.6 is 23.1 Å². The zero-order valence-corrected chi connectivity index (χ0v) is 23.2. The molecule has 3 aromatic carbocycles. The molecule has 0 aliphatic rings. The van der Waals surface area contributed by atoms with Crippen molar-refractivity contribution in [2.45, 2.75) is 18.7 Å². The maximum absolute atomic E-state index is 12.8. The number of rotatable bonds is 10. The van der Waals surface area contributed by atoms with Gasteiger partial charge in [-0.1, -0.05) is 66.2 Å². The van der Waals surface area contributed by atoms with E-state index in [0.29, 0.717) is 16.3 Å². The summed E-state index contributed by atoms with van der Waals surface area (Å²) in [5, 5.41) is 8.04. The maximum atomic E-state index is 12.8. The zero-order chi connectivity index (χ0) is 27.6. The highest BCUT2D eigenvalue weighted by Crippen LogP contribution is 2.36. The molecule has 39 heavy (non-hydrogen) atoms. The van der Waals surface area contributed by atoms with Gasteiger partial charge in [0.25, 0.3) is 0 Å². The molecular weight excluding hydrogens is 528 g/mol. The van der Waals surface area contributed by atoms with Crippen molar-refractivity contribution in [1.82, 2.24) is 0 Å². The molecule has 0 saturated carbocycles. The SMILES string of the molecule is CCOC(=O)c1c(-c2ccc(C)cc2)csc1NC(=O)CSc1cccc(NC(=O)/C=C/c2ccccc2)c1. The van der Waals surface area contributed by atoms with E-state index >= 15 is 0 Å². The third-order valence-corrected chi connectivity index (χ3v) is 7.47. The Morgan fingerprint density at radius 1 is 0.949 bits per heavy atom. The molecule has 2 amide bonds. The predicted molar refractivity (Wildman–Crippen MR) is 160 cm³/mol. The highest BCUT2D eigenvalue weighted by molar-refractivity contribution is 8.00. The lowest BCUT2D eigenvalue weighted by Crippen LogP contribution is -2.16. The maximum Gasteiger partial charge on any atom is 0.341 e. The van der Waals surface area contributed by atoms with E-state index in [0.717, 1.165) is 27.1 Å². The minimum atomic E-state index is -0.470. The number of thioether (sulfide) groups is 1. The van der Waals surface area contributed by atoms with E-state index in [1.807, 2.05) is 85.1 Å². The van der Waals surface area contributed by atoms with Gasteiger partial charge in [-0.3, -0.25) is 9.59 Å². The van der Waals surface area contributed by atoms with Crippen molar-refractivity contribution >= 4 is 57.6 Å². The van der Waals surface area contributed by atoms with Crippen LogP contribution in [0.25, 0.3) is 17.2 Å². The third-order valence-electron chi connectivity index (χ3n) is 5.58. The summed E-state index contributed by atoms with van der Waals surface area (Å²) in [5.74, 6) is -0.830. The number of hydrogen-bond donors (Lipinski definition) is 2. The van der Waals surface area contributed by atoms with Crippen LogP contribution in [0, 0.1) is 6.92 Å². The van der Waals surface area contributed by atoms with Crippen LogP contribution in [0.15, 0.2) is 95.2 Å². The number of esters is 1. The molecule has 0 unspecified atom stereocenters. The average Bonchev–Trinajstić information content (AvgIpc) is 3.35. The summed E-state index contributed by atoms with van der Waals surface area (Å²) in [6.07, 6.45) is 3.23. The number of thiophene rings is 1. The number of anilines is 2. The fourth-order valence-electron chi connectivity index (χ4n) is 3.70. The Morgan fingerprint density at radius 2 is 1.72 bits per heavy atom. The van der Waals surface area contributed by atoms with Gasteiger partial charge in [-0.25, -0.2) is 4.79 Å². The standard InChI is InChI=1S/C31H28N2O4S2/c1-3-37-31(36)29-26(23-15-12-21(2)13-16-23)19-39-30(29)33-28(35)20-38-25-11-7-10-24(18-25)32-27(34)17-14-22-8-5-4-6-9-22/h4-19H,3,20H2,1-2H3,(H,32,34)(H,33,35)/b17-14+. The molecule has 1 aromatic heterocycles. The van der Waals surface area contributed by atoms with Crippen molar-refractivity contribution < 1.29 is 19.1 Å². The number of nitrogens with one attached hydrogen (secondary N) is 2. The second-order valence-electron chi connectivity index (χ2n) is 8.54. The van der Waals surface area contributed by atoms with Gasteiger partial charge in [0.05, 0.1) is 12.4 Å². The smallest absolute Gasteiger partial charge is 0.341 e. The van der Waals surface area contributed by atoms with Crippen LogP contribution < -0.4 is 10.6 Å². The zero-order valence-electron chi connectivity index (χ0n) is 21.6. The van der Waals surface area contributed by atoms with Crippen LogP contribution in [0.5, 0.6) is 0 Å². The number of benzene rings is 3. The fraction of sp³-hybridized carbons (Fsp3) is 0.129. The average molecular weight is 557 g/mol. The van der Waals surface area contributed by atoms with E-state index in [1.165, 1.54) is 29.2 Å². The molecule has 4 rings (SSSR count). The third kappa shape index (κ3) is 7.92. The lowest BCUT2D eigenvalue weighted by atomic mass is 10.0. The first-order valence-corrected chi connectivity index (χ1v) is 14.2. The molecule has 0 atom stereocenters. The first-order valence-electron chi connectivity index (χ1n) is 12.4. The van der Waals surface area contributed by atoms with Gasteiger partial charge in [0.2, 0.25) is 11.8 Å². The van der Waals surface area contributed by atoms with E-state index in [4.69, 9.17) is 4.74 Å². The Hall–Kier alpha value is -4.14. The Balaban J connectivity index is 1.39. The molecule has 0 fully saturated rings. The molecular formula is C31H28N2O4S2. The van der Waals surface area contributed by atoms with E-state index in [1.54, 1.807) is 19.1 Å². The molecule has 0 saturated heterocycles. The second kappa shape index (κ2) is 13.6. The van der Waals surface area contributed by atoms with Gasteiger partial charge in [0.1, 0.15) is 10.6 Å². The lowest BCUT2D eigenvalue weighted by Gasteiger charge is -2.09. The van der Waals surface area contributed by atoms with Crippen LogP contribution in [0.2, 0.25) is 0 Å². The van der Waals surface area contributed by atoms with Crippen molar-refractivity contribution in [2.24, 2.45) is 0 Å². The minimum absolute atomic E-state index is 0.130. The monoisotopic (exact) mass is 556 g/mol. The summed E-state index contributed by atoms with van der Waals surface area (Å²) in [5.41, 5.74) is 4.65. The molecule has 0 bridgehead atoms. The topological polar surface area (TPSA) is 84.5 Å². The van der Waals surface area contributed by atoms with Crippen LogP contribution in [-0.2, 0) is 14.3 Å². The van der Waals surface area contributed by atoms with Gasteiger partial charge in [-0.15, -0.1) is 23.1 Å². The largest absolute Gasteiger partial charge is 0.462 e. The predicted octanol–water partition coefficient (Wildman–Crippen LogP) is 7.28. The number of carbonyl (C=O) groups excluding carboxylic acids is 3. The molecule has 6 nitrogen and oxygen atoms in total. The second-order valence-corrected chi connectivity index (χ2v) is 10.5. The van der Waals surface area contributed by atoms with E-state index in [-0.39, 0.29) is 24.2 Å². The van der Waals surface area contributed by atoms with E-state index in [9.17, 15) is 14.4 Å². The van der Waals surface area contributed by atoms with Crippen molar-refractivity contribution in [3.05, 3.63) is 107 Å². The summed E-state index contributed by atoms with van der Waals surface area (Å²) in [6, 6.07) is 24.7. The molecule has 198 valence electrons. The van der Waals surface area contributed by atoms with Crippen LogP contribution in [-0.4, -0.2) is 30.1 Å². The fourth-order valence-corrected chi connectivity index (χ4v) is 5.43. The van der Waals surface area contributed by atoms with Gasteiger partial charge in [0, 0.05) is 27.6 Å². The molecule has 0 radical (unpaired) electrons. The highest BCUT2D eigenvalue weighted by atomic mass is 32.2. The molecule has 4 aromatic rings. The van der Waals surface area contributed by atoms with Crippen LogP contribution in [0.4, 0.5) is 10.7 Å². The van der Waals surface area contributed by atoms with E-state index in [2.05, 4.69) is 10.6 Å². The molecule has 1 heterocycles. The Morgan fingerprint density at radius 3 is 2.46 bits per heavy atom. The summed E-state index contributed by atoms with van der Waals surface area (Å²) in [7, 11) is 0. The van der Waals surface area contributed by atoms with Crippen molar-refractivity contribution in [2.75, 3.05) is 23.0 Å². The number of ether oxygens (including phenoxy) is 1. The summed E-state index contributed by atoms with van der Waals surface area (Å²) >= 11 is 2.63. The molecule has 2 N–H and O–H groups in total. The van der Waals surface area contributed by atoms with E-state index < -0.39 is 5.97 Å². The van der Waals surface area contributed by atoms with Gasteiger partial charge in [0.15, 0.2) is 0 Å². The molecule has 0 aliphatic carbocycles. The summed E-state index contributed by atoms with van der Waals surface area (Å²) in [6.45, 7) is 3.99. The molecule has 0 aliphatic heterocycles. The van der Waals surface area contributed by atoms with Gasteiger partial charge >= 0.3 is 5.97 Å².